The third-order valence-electron chi connectivity index (χ3n) is 3.58. The van der Waals surface area contributed by atoms with Crippen LogP contribution in [0.2, 0.25) is 0 Å². The van der Waals surface area contributed by atoms with Gasteiger partial charge in [0.1, 0.15) is 0 Å². The Kier molecular flexibility index (Phi) is 6.12. The van der Waals surface area contributed by atoms with E-state index in [0.29, 0.717) is 11.4 Å². The number of likely N-dealkylation sites (N-methyl/N-ethyl adjacent to an activating group) is 1. The van der Waals surface area contributed by atoms with Gasteiger partial charge >= 0.3 is 0 Å². The minimum Gasteiger partial charge on any atom is -0.326 e. The number of rotatable bonds is 6. The van der Waals surface area contributed by atoms with Gasteiger partial charge < -0.3 is 10.6 Å². The van der Waals surface area contributed by atoms with Gasteiger partial charge in [0.2, 0.25) is 21.8 Å². The van der Waals surface area contributed by atoms with Crippen molar-refractivity contribution in [1.82, 2.24) is 4.31 Å². The third kappa shape index (κ3) is 5.14. The SMILES string of the molecule is CC(=O)Nc1ccc(NC(=O)CN(C)S(=O)(=O)c2ccc(C)cc2)cc1. The lowest BCUT2D eigenvalue weighted by Crippen LogP contribution is -2.34. The molecule has 2 N–H and O–H groups in total. The Labute approximate surface area is 153 Å². The van der Waals surface area contributed by atoms with Crippen LogP contribution in [0.3, 0.4) is 0 Å². The molecular weight excluding hydrogens is 354 g/mol. The van der Waals surface area contributed by atoms with Crippen LogP contribution < -0.4 is 10.6 Å². The van der Waals surface area contributed by atoms with Crippen molar-refractivity contribution in [2.24, 2.45) is 0 Å². The fourth-order valence-corrected chi connectivity index (χ4v) is 3.35. The first kappa shape index (κ1) is 19.6. The third-order valence-corrected chi connectivity index (χ3v) is 5.40. The van der Waals surface area contributed by atoms with Crippen LogP contribution in [0.1, 0.15) is 12.5 Å². The maximum atomic E-state index is 12.5. The molecule has 0 aliphatic heterocycles. The molecule has 0 aliphatic rings. The Morgan fingerprint density at radius 1 is 0.923 bits per heavy atom. The normalized spacial score (nSPS) is 11.2. The molecule has 2 aromatic rings. The molecular formula is C18H21N3O4S. The molecule has 0 spiro atoms. The minimum atomic E-state index is -3.74. The number of benzene rings is 2. The summed E-state index contributed by atoms with van der Waals surface area (Å²) in [6.45, 7) is 2.95. The van der Waals surface area contributed by atoms with Gasteiger partial charge in [0, 0.05) is 25.3 Å². The molecule has 0 fully saturated rings. The van der Waals surface area contributed by atoms with Crippen LogP contribution in [0, 0.1) is 6.92 Å². The smallest absolute Gasteiger partial charge is 0.243 e. The van der Waals surface area contributed by atoms with Gasteiger partial charge in [0.15, 0.2) is 0 Å². The summed E-state index contributed by atoms with van der Waals surface area (Å²) >= 11 is 0. The number of amides is 2. The Morgan fingerprint density at radius 2 is 1.42 bits per heavy atom. The van der Waals surface area contributed by atoms with Crippen molar-refractivity contribution in [2.45, 2.75) is 18.7 Å². The number of sulfonamides is 1. The molecule has 2 aromatic carbocycles. The first-order chi connectivity index (χ1) is 12.2. The van der Waals surface area contributed by atoms with Gasteiger partial charge in [-0.1, -0.05) is 17.7 Å². The van der Waals surface area contributed by atoms with Crippen molar-refractivity contribution in [3.8, 4) is 0 Å². The monoisotopic (exact) mass is 375 g/mol. The predicted molar refractivity (Wildman–Crippen MR) is 100 cm³/mol. The maximum Gasteiger partial charge on any atom is 0.243 e. The van der Waals surface area contributed by atoms with Gasteiger partial charge in [0.05, 0.1) is 11.4 Å². The Bertz CT molecular complexity index is 891. The second kappa shape index (κ2) is 8.11. The molecule has 0 atom stereocenters. The molecule has 0 saturated heterocycles. The second-order valence-corrected chi connectivity index (χ2v) is 7.93. The number of anilines is 2. The van der Waals surface area contributed by atoms with Crippen LogP contribution in [0.15, 0.2) is 53.4 Å². The predicted octanol–water partition coefficient (Wildman–Crippen LogP) is 2.21. The fourth-order valence-electron chi connectivity index (χ4n) is 2.22. The quantitative estimate of drug-likeness (QED) is 0.809. The number of hydrogen-bond acceptors (Lipinski definition) is 4. The summed E-state index contributed by atoms with van der Waals surface area (Å²) in [6, 6.07) is 13.0. The molecule has 138 valence electrons. The summed E-state index contributed by atoms with van der Waals surface area (Å²) < 4.78 is 26.0. The highest BCUT2D eigenvalue weighted by Crippen LogP contribution is 2.16. The summed E-state index contributed by atoms with van der Waals surface area (Å²) in [6.07, 6.45) is 0. The summed E-state index contributed by atoms with van der Waals surface area (Å²) in [5, 5.41) is 5.25. The Balaban J connectivity index is 2.00. The van der Waals surface area contributed by atoms with E-state index in [4.69, 9.17) is 0 Å². The molecule has 0 aromatic heterocycles. The molecule has 0 bridgehead atoms. The summed E-state index contributed by atoms with van der Waals surface area (Å²) in [4.78, 5) is 23.3. The number of carbonyl (C=O) groups excluding carboxylic acids is 2. The van der Waals surface area contributed by atoms with Crippen LogP contribution in [0.4, 0.5) is 11.4 Å². The molecule has 7 nitrogen and oxygen atoms in total. The summed E-state index contributed by atoms with van der Waals surface area (Å²) in [5.74, 6) is -0.653. The molecule has 26 heavy (non-hydrogen) atoms. The lowest BCUT2D eigenvalue weighted by molar-refractivity contribution is -0.116. The van der Waals surface area contributed by atoms with Crippen LogP contribution in [0.5, 0.6) is 0 Å². The molecule has 0 radical (unpaired) electrons. The number of nitrogens with one attached hydrogen (secondary N) is 2. The summed E-state index contributed by atoms with van der Waals surface area (Å²) in [7, 11) is -2.38. The van der Waals surface area contributed by atoms with E-state index >= 15 is 0 Å². The van der Waals surface area contributed by atoms with Crippen LogP contribution in [-0.2, 0) is 19.6 Å². The standard InChI is InChI=1S/C18H21N3O4S/c1-13-4-10-17(11-5-13)26(24,25)21(3)12-18(23)20-16-8-6-15(7-9-16)19-14(2)22/h4-11H,12H2,1-3H3,(H,19,22)(H,20,23). The van der Waals surface area contributed by atoms with E-state index in [9.17, 15) is 18.0 Å². The van der Waals surface area contributed by atoms with E-state index in [2.05, 4.69) is 10.6 Å². The van der Waals surface area contributed by atoms with Crippen molar-refractivity contribution in [3.63, 3.8) is 0 Å². The average Bonchev–Trinajstić information content (AvgIpc) is 2.56. The van der Waals surface area contributed by atoms with Gasteiger partial charge in [-0.25, -0.2) is 8.42 Å². The van der Waals surface area contributed by atoms with E-state index < -0.39 is 15.9 Å². The highest BCUT2D eigenvalue weighted by Gasteiger charge is 2.22. The van der Waals surface area contributed by atoms with E-state index in [-0.39, 0.29) is 17.3 Å². The van der Waals surface area contributed by atoms with Crippen molar-refractivity contribution >= 4 is 33.2 Å². The Hall–Kier alpha value is -2.71. The van der Waals surface area contributed by atoms with Crippen molar-refractivity contribution in [2.75, 3.05) is 24.2 Å². The van der Waals surface area contributed by atoms with Gasteiger partial charge in [-0.3, -0.25) is 9.59 Å². The molecule has 0 unspecified atom stereocenters. The lowest BCUT2D eigenvalue weighted by atomic mass is 10.2. The molecule has 0 aliphatic carbocycles. The maximum absolute atomic E-state index is 12.5. The Morgan fingerprint density at radius 3 is 1.92 bits per heavy atom. The zero-order chi connectivity index (χ0) is 19.3. The lowest BCUT2D eigenvalue weighted by Gasteiger charge is -2.17. The largest absolute Gasteiger partial charge is 0.326 e. The van der Waals surface area contributed by atoms with E-state index in [1.54, 1.807) is 36.4 Å². The second-order valence-electron chi connectivity index (χ2n) is 5.88. The van der Waals surface area contributed by atoms with E-state index in [1.165, 1.54) is 26.1 Å². The van der Waals surface area contributed by atoms with Gasteiger partial charge in [-0.2, -0.15) is 4.31 Å². The zero-order valence-electron chi connectivity index (χ0n) is 14.8. The van der Waals surface area contributed by atoms with Crippen LogP contribution >= 0.6 is 0 Å². The zero-order valence-corrected chi connectivity index (χ0v) is 15.6. The number of aryl methyl sites for hydroxylation is 1. The van der Waals surface area contributed by atoms with E-state index in [0.717, 1.165) is 9.87 Å². The van der Waals surface area contributed by atoms with Crippen LogP contribution in [0.25, 0.3) is 0 Å². The van der Waals surface area contributed by atoms with Gasteiger partial charge in [-0.05, 0) is 43.3 Å². The minimum absolute atomic E-state index is 0.137. The molecule has 0 heterocycles. The highest BCUT2D eigenvalue weighted by atomic mass is 32.2. The molecule has 8 heteroatoms. The van der Waals surface area contributed by atoms with Crippen molar-refractivity contribution in [3.05, 3.63) is 54.1 Å². The average molecular weight is 375 g/mol. The molecule has 2 amide bonds. The first-order valence-electron chi connectivity index (χ1n) is 7.89. The number of carbonyl (C=O) groups is 2. The van der Waals surface area contributed by atoms with Gasteiger partial charge in [-0.15, -0.1) is 0 Å². The van der Waals surface area contributed by atoms with Gasteiger partial charge in [0.25, 0.3) is 0 Å². The molecule has 0 saturated carbocycles. The molecule has 2 rings (SSSR count). The van der Waals surface area contributed by atoms with Crippen molar-refractivity contribution < 1.29 is 18.0 Å². The number of hydrogen-bond donors (Lipinski definition) is 2. The fraction of sp³-hybridized carbons (Fsp3) is 0.222. The number of nitrogens with zero attached hydrogens (tertiary/aromatic N) is 1. The highest BCUT2D eigenvalue weighted by molar-refractivity contribution is 7.89. The topological polar surface area (TPSA) is 95.6 Å². The summed E-state index contributed by atoms with van der Waals surface area (Å²) in [5.41, 5.74) is 2.06. The van der Waals surface area contributed by atoms with Crippen LogP contribution in [-0.4, -0.2) is 38.1 Å². The van der Waals surface area contributed by atoms with E-state index in [1.807, 2.05) is 6.92 Å². The van der Waals surface area contributed by atoms with Crippen molar-refractivity contribution in [1.29, 1.82) is 0 Å². The first-order valence-corrected chi connectivity index (χ1v) is 9.33.